The lowest BCUT2D eigenvalue weighted by Crippen LogP contribution is -2.06. The molecule has 3 heteroatoms. The number of ether oxygens (including phenoxy) is 1. The Kier molecular flexibility index (Phi) is 3.29. The van der Waals surface area contributed by atoms with E-state index in [0.717, 1.165) is 4.47 Å². The third kappa shape index (κ3) is 3.05. The molecular formula is C9H9BrO2. The Bertz CT molecular complexity index is 284. The Balaban J connectivity index is 2.57. The lowest BCUT2D eigenvalue weighted by Gasteiger charge is -2.02. The fourth-order valence-corrected chi connectivity index (χ4v) is 1.12. The first-order valence-electron chi connectivity index (χ1n) is 3.56. The average molecular weight is 229 g/mol. The van der Waals surface area contributed by atoms with Gasteiger partial charge in [0.2, 0.25) is 0 Å². The van der Waals surface area contributed by atoms with E-state index in [-0.39, 0.29) is 12.4 Å². The molecular weight excluding hydrogens is 220 g/mol. The summed E-state index contributed by atoms with van der Waals surface area (Å²) in [6, 6.07) is 7.40. The summed E-state index contributed by atoms with van der Waals surface area (Å²) in [5.41, 5.74) is 0. The van der Waals surface area contributed by atoms with Gasteiger partial charge in [-0.25, -0.2) is 0 Å². The second kappa shape index (κ2) is 4.26. The summed E-state index contributed by atoms with van der Waals surface area (Å²) in [6.45, 7) is 1.63. The van der Waals surface area contributed by atoms with Gasteiger partial charge in [0.1, 0.15) is 12.4 Å². The first kappa shape index (κ1) is 9.26. The number of halogens is 1. The minimum absolute atomic E-state index is 0.0231. The lowest BCUT2D eigenvalue weighted by atomic mass is 10.3. The van der Waals surface area contributed by atoms with Crippen molar-refractivity contribution in [2.45, 2.75) is 6.92 Å². The molecule has 0 radical (unpaired) electrons. The molecule has 64 valence electrons. The number of hydrogen-bond acceptors (Lipinski definition) is 2. The number of hydrogen-bond donors (Lipinski definition) is 0. The van der Waals surface area contributed by atoms with Crippen LogP contribution in [0.1, 0.15) is 6.92 Å². The molecule has 0 unspecified atom stereocenters. The molecule has 0 saturated heterocycles. The van der Waals surface area contributed by atoms with Crippen molar-refractivity contribution in [3.8, 4) is 5.75 Å². The van der Waals surface area contributed by atoms with Crippen LogP contribution in [0.2, 0.25) is 0 Å². The molecule has 0 amide bonds. The number of carbonyl (C=O) groups is 1. The normalized spacial score (nSPS) is 9.50. The van der Waals surface area contributed by atoms with Gasteiger partial charge >= 0.3 is 0 Å². The topological polar surface area (TPSA) is 26.3 Å². The van der Waals surface area contributed by atoms with Crippen molar-refractivity contribution in [2.24, 2.45) is 0 Å². The van der Waals surface area contributed by atoms with Gasteiger partial charge in [0.15, 0.2) is 5.78 Å². The second-order valence-electron chi connectivity index (χ2n) is 2.45. The average Bonchev–Trinajstić information content (AvgIpc) is 2.01. The van der Waals surface area contributed by atoms with Crippen molar-refractivity contribution in [1.29, 1.82) is 0 Å². The van der Waals surface area contributed by atoms with E-state index < -0.39 is 0 Å². The van der Waals surface area contributed by atoms with Crippen molar-refractivity contribution in [3.63, 3.8) is 0 Å². The van der Waals surface area contributed by atoms with Gasteiger partial charge < -0.3 is 4.74 Å². The molecule has 0 atom stereocenters. The molecule has 0 spiro atoms. The van der Waals surface area contributed by atoms with Crippen LogP contribution < -0.4 is 4.74 Å². The van der Waals surface area contributed by atoms with Crippen LogP contribution in [0.3, 0.4) is 0 Å². The van der Waals surface area contributed by atoms with Crippen molar-refractivity contribution in [2.75, 3.05) is 6.61 Å². The predicted octanol–water partition coefficient (Wildman–Crippen LogP) is 2.42. The Morgan fingerprint density at radius 2 is 2.33 bits per heavy atom. The smallest absolute Gasteiger partial charge is 0.167 e. The summed E-state index contributed by atoms with van der Waals surface area (Å²) in [5.74, 6) is 0.731. The van der Waals surface area contributed by atoms with Crippen molar-refractivity contribution in [1.82, 2.24) is 0 Å². The molecule has 0 aliphatic heterocycles. The number of ketones is 1. The minimum Gasteiger partial charge on any atom is -0.486 e. The Morgan fingerprint density at radius 1 is 1.58 bits per heavy atom. The largest absolute Gasteiger partial charge is 0.486 e. The molecule has 2 nitrogen and oxygen atoms in total. The Hall–Kier alpha value is -0.830. The van der Waals surface area contributed by atoms with Crippen molar-refractivity contribution < 1.29 is 9.53 Å². The summed E-state index contributed by atoms with van der Waals surface area (Å²) in [5, 5.41) is 0. The van der Waals surface area contributed by atoms with Gasteiger partial charge in [0, 0.05) is 4.47 Å². The molecule has 0 aliphatic rings. The van der Waals surface area contributed by atoms with E-state index in [1.54, 1.807) is 0 Å². The zero-order chi connectivity index (χ0) is 8.97. The fourth-order valence-electron chi connectivity index (χ4n) is 0.742. The van der Waals surface area contributed by atoms with E-state index in [0.29, 0.717) is 5.75 Å². The molecule has 0 N–H and O–H groups in total. The summed E-state index contributed by atoms with van der Waals surface area (Å²) < 4.78 is 6.12. The molecule has 1 aromatic rings. The third-order valence-electron chi connectivity index (χ3n) is 1.24. The molecule has 1 rings (SSSR count). The SMILES string of the molecule is CC(=O)COc1cccc(Br)c1. The van der Waals surface area contributed by atoms with Crippen LogP contribution >= 0.6 is 15.9 Å². The van der Waals surface area contributed by atoms with E-state index in [1.165, 1.54) is 6.92 Å². The number of rotatable bonds is 3. The summed E-state index contributed by atoms with van der Waals surface area (Å²) in [6.07, 6.45) is 0. The van der Waals surface area contributed by atoms with E-state index >= 15 is 0 Å². The molecule has 0 heterocycles. The van der Waals surface area contributed by atoms with Crippen LogP contribution in [-0.2, 0) is 4.79 Å². The first-order valence-corrected chi connectivity index (χ1v) is 4.35. The number of Topliss-reactive ketones (excluding diaryl/α,β-unsaturated/α-hetero) is 1. The van der Waals surface area contributed by atoms with Crippen LogP contribution in [0, 0.1) is 0 Å². The first-order chi connectivity index (χ1) is 5.68. The zero-order valence-electron chi connectivity index (χ0n) is 6.71. The molecule has 0 aromatic heterocycles. The highest BCUT2D eigenvalue weighted by Crippen LogP contribution is 2.17. The van der Waals surface area contributed by atoms with Crippen LogP contribution in [0.25, 0.3) is 0 Å². The maximum Gasteiger partial charge on any atom is 0.167 e. The molecule has 1 aromatic carbocycles. The molecule has 0 bridgehead atoms. The van der Waals surface area contributed by atoms with E-state index in [9.17, 15) is 4.79 Å². The Labute approximate surface area is 79.7 Å². The van der Waals surface area contributed by atoms with Gasteiger partial charge in [-0.15, -0.1) is 0 Å². The van der Waals surface area contributed by atoms with Gasteiger partial charge in [0.25, 0.3) is 0 Å². The fraction of sp³-hybridized carbons (Fsp3) is 0.222. The van der Waals surface area contributed by atoms with Gasteiger partial charge in [-0.3, -0.25) is 4.79 Å². The highest BCUT2D eigenvalue weighted by atomic mass is 79.9. The standard InChI is InChI=1S/C9H9BrO2/c1-7(11)6-12-9-4-2-3-8(10)5-9/h2-5H,6H2,1H3. The number of benzene rings is 1. The zero-order valence-corrected chi connectivity index (χ0v) is 8.30. The molecule has 0 saturated carbocycles. The Morgan fingerprint density at radius 3 is 2.92 bits per heavy atom. The summed E-state index contributed by atoms with van der Waals surface area (Å²) in [7, 11) is 0. The molecule has 12 heavy (non-hydrogen) atoms. The molecule has 0 fully saturated rings. The number of carbonyl (C=O) groups excluding carboxylic acids is 1. The van der Waals surface area contributed by atoms with Gasteiger partial charge in [-0.05, 0) is 25.1 Å². The quantitative estimate of drug-likeness (QED) is 0.795. The summed E-state index contributed by atoms with van der Waals surface area (Å²) in [4.78, 5) is 10.6. The highest BCUT2D eigenvalue weighted by molar-refractivity contribution is 9.10. The minimum atomic E-state index is 0.0231. The van der Waals surface area contributed by atoms with E-state index in [2.05, 4.69) is 15.9 Å². The van der Waals surface area contributed by atoms with Crippen LogP contribution in [0.4, 0.5) is 0 Å². The molecule has 0 aliphatic carbocycles. The van der Waals surface area contributed by atoms with Crippen LogP contribution in [0.15, 0.2) is 28.7 Å². The monoisotopic (exact) mass is 228 g/mol. The maximum atomic E-state index is 10.6. The van der Waals surface area contributed by atoms with Gasteiger partial charge in [-0.2, -0.15) is 0 Å². The van der Waals surface area contributed by atoms with Crippen LogP contribution in [0.5, 0.6) is 5.75 Å². The van der Waals surface area contributed by atoms with Crippen molar-refractivity contribution in [3.05, 3.63) is 28.7 Å². The third-order valence-corrected chi connectivity index (χ3v) is 1.73. The highest BCUT2D eigenvalue weighted by Gasteiger charge is 1.96. The van der Waals surface area contributed by atoms with Crippen molar-refractivity contribution >= 4 is 21.7 Å². The van der Waals surface area contributed by atoms with Gasteiger partial charge in [-0.1, -0.05) is 22.0 Å². The predicted molar refractivity (Wildman–Crippen MR) is 50.3 cm³/mol. The maximum absolute atomic E-state index is 10.6. The van der Waals surface area contributed by atoms with E-state index in [4.69, 9.17) is 4.74 Å². The van der Waals surface area contributed by atoms with Gasteiger partial charge in [0.05, 0.1) is 0 Å². The van der Waals surface area contributed by atoms with E-state index in [1.807, 2.05) is 24.3 Å². The van der Waals surface area contributed by atoms with Crippen LogP contribution in [-0.4, -0.2) is 12.4 Å². The summed E-state index contributed by atoms with van der Waals surface area (Å²) >= 11 is 3.30. The lowest BCUT2D eigenvalue weighted by molar-refractivity contribution is -0.118. The second-order valence-corrected chi connectivity index (χ2v) is 3.36.